The molecular formula is C16H25BrN2. The molecule has 0 aliphatic heterocycles. The minimum Gasteiger partial charge on any atom is -0.271 e. The molecule has 3 N–H and O–H groups in total. The molecule has 0 amide bonds. The average Bonchev–Trinajstić information content (AvgIpc) is 2.39. The van der Waals surface area contributed by atoms with Crippen LogP contribution < -0.4 is 11.3 Å². The van der Waals surface area contributed by atoms with Crippen molar-refractivity contribution in [1.29, 1.82) is 0 Å². The predicted octanol–water partition coefficient (Wildman–Crippen LogP) is 4.33. The van der Waals surface area contributed by atoms with Crippen molar-refractivity contribution in [2.45, 2.75) is 46.1 Å². The third-order valence-electron chi connectivity index (χ3n) is 4.83. The summed E-state index contributed by atoms with van der Waals surface area (Å²) in [7, 11) is 0. The number of aryl methyl sites for hydroxylation is 1. The van der Waals surface area contributed by atoms with E-state index in [1.54, 1.807) is 0 Å². The number of hydrogen-bond donors (Lipinski definition) is 2. The van der Waals surface area contributed by atoms with Gasteiger partial charge in [0, 0.05) is 10.5 Å². The summed E-state index contributed by atoms with van der Waals surface area (Å²) >= 11 is 3.56. The molecule has 0 heterocycles. The zero-order valence-electron chi connectivity index (χ0n) is 12.1. The molecule has 0 radical (unpaired) electrons. The van der Waals surface area contributed by atoms with Crippen molar-refractivity contribution in [2.75, 3.05) is 0 Å². The fourth-order valence-corrected chi connectivity index (χ4v) is 3.50. The smallest absolute Gasteiger partial charge is 0.0488 e. The second-order valence-corrected chi connectivity index (χ2v) is 7.03. The highest BCUT2D eigenvalue weighted by atomic mass is 79.9. The van der Waals surface area contributed by atoms with Crippen molar-refractivity contribution in [1.82, 2.24) is 5.43 Å². The Kier molecular flexibility index (Phi) is 5.04. The third-order valence-corrected chi connectivity index (χ3v) is 5.72. The van der Waals surface area contributed by atoms with Gasteiger partial charge in [-0.3, -0.25) is 11.3 Å². The molecule has 1 saturated carbocycles. The highest BCUT2D eigenvalue weighted by Gasteiger charge is 2.30. The number of rotatable bonds is 3. The molecule has 1 fully saturated rings. The van der Waals surface area contributed by atoms with Crippen LogP contribution in [-0.2, 0) is 0 Å². The average molecular weight is 325 g/mol. The molecule has 0 aromatic heterocycles. The highest BCUT2D eigenvalue weighted by Crippen LogP contribution is 2.40. The van der Waals surface area contributed by atoms with Crippen LogP contribution in [0, 0.1) is 24.7 Å². The second kappa shape index (κ2) is 6.38. The molecule has 106 valence electrons. The molecule has 2 rings (SSSR count). The molecule has 1 aliphatic carbocycles. The predicted molar refractivity (Wildman–Crippen MR) is 84.6 cm³/mol. The van der Waals surface area contributed by atoms with Crippen LogP contribution in [0.15, 0.2) is 22.7 Å². The lowest BCUT2D eigenvalue weighted by atomic mass is 9.72. The summed E-state index contributed by atoms with van der Waals surface area (Å²) in [6, 6.07) is 6.84. The van der Waals surface area contributed by atoms with Crippen molar-refractivity contribution < 1.29 is 0 Å². The quantitative estimate of drug-likeness (QED) is 0.641. The summed E-state index contributed by atoms with van der Waals surface area (Å²) in [6.45, 7) is 6.87. The van der Waals surface area contributed by atoms with E-state index in [0.717, 1.165) is 16.3 Å². The molecule has 0 spiro atoms. The number of nitrogens with two attached hydrogens (primary N) is 1. The lowest BCUT2D eigenvalue weighted by molar-refractivity contribution is 0.171. The lowest BCUT2D eigenvalue weighted by Crippen LogP contribution is -2.36. The van der Waals surface area contributed by atoms with Gasteiger partial charge in [0.2, 0.25) is 0 Å². The Morgan fingerprint density at radius 3 is 2.58 bits per heavy atom. The monoisotopic (exact) mass is 324 g/mol. The molecule has 4 unspecified atom stereocenters. The fourth-order valence-electron chi connectivity index (χ4n) is 3.26. The summed E-state index contributed by atoms with van der Waals surface area (Å²) in [6.07, 6.45) is 3.86. The Bertz CT molecular complexity index is 433. The van der Waals surface area contributed by atoms with E-state index in [9.17, 15) is 0 Å². The molecule has 1 aromatic rings. The van der Waals surface area contributed by atoms with Crippen molar-refractivity contribution in [3.8, 4) is 0 Å². The van der Waals surface area contributed by atoms with E-state index >= 15 is 0 Å². The van der Waals surface area contributed by atoms with E-state index in [-0.39, 0.29) is 6.04 Å². The molecule has 1 aliphatic rings. The van der Waals surface area contributed by atoms with Crippen molar-refractivity contribution in [2.24, 2.45) is 23.6 Å². The summed E-state index contributed by atoms with van der Waals surface area (Å²) in [5.41, 5.74) is 5.64. The standard InChI is InChI=1S/C16H25BrN2/c1-10-4-5-13(8-11(10)2)16(19-18)14-6-7-15(17)12(3)9-14/h6-7,9-11,13,16,19H,4-5,8,18H2,1-3H3. The number of benzene rings is 1. The SMILES string of the molecule is Cc1cc(C(NN)C2CCC(C)C(C)C2)ccc1Br. The van der Waals surface area contributed by atoms with Gasteiger partial charge in [-0.05, 0) is 54.7 Å². The van der Waals surface area contributed by atoms with Crippen molar-refractivity contribution in [3.05, 3.63) is 33.8 Å². The molecule has 0 bridgehead atoms. The van der Waals surface area contributed by atoms with Crippen LogP contribution in [0.5, 0.6) is 0 Å². The van der Waals surface area contributed by atoms with Gasteiger partial charge in [-0.2, -0.15) is 0 Å². The first-order chi connectivity index (χ1) is 9.02. The van der Waals surface area contributed by atoms with E-state index in [0.29, 0.717) is 5.92 Å². The molecular weight excluding hydrogens is 300 g/mol. The van der Waals surface area contributed by atoms with Crippen LogP contribution >= 0.6 is 15.9 Å². The van der Waals surface area contributed by atoms with Crippen LogP contribution in [-0.4, -0.2) is 0 Å². The number of hydrogen-bond acceptors (Lipinski definition) is 2. The maximum absolute atomic E-state index is 5.84. The second-order valence-electron chi connectivity index (χ2n) is 6.18. The molecule has 3 heteroatoms. The van der Waals surface area contributed by atoms with Crippen LogP contribution in [0.1, 0.15) is 50.3 Å². The van der Waals surface area contributed by atoms with Crippen molar-refractivity contribution >= 4 is 15.9 Å². The first-order valence-electron chi connectivity index (χ1n) is 7.25. The number of hydrazine groups is 1. The Morgan fingerprint density at radius 1 is 1.26 bits per heavy atom. The van der Waals surface area contributed by atoms with Gasteiger partial charge >= 0.3 is 0 Å². The van der Waals surface area contributed by atoms with Crippen LogP contribution in [0.25, 0.3) is 0 Å². The Hall–Kier alpha value is -0.380. The van der Waals surface area contributed by atoms with Gasteiger partial charge in [0.25, 0.3) is 0 Å². The van der Waals surface area contributed by atoms with Gasteiger partial charge in [0.1, 0.15) is 0 Å². The van der Waals surface area contributed by atoms with Gasteiger partial charge in [-0.25, -0.2) is 0 Å². The Labute approximate surface area is 125 Å². The summed E-state index contributed by atoms with van der Waals surface area (Å²) in [4.78, 5) is 0. The van der Waals surface area contributed by atoms with Gasteiger partial charge in [-0.1, -0.05) is 48.3 Å². The molecule has 1 aromatic carbocycles. The van der Waals surface area contributed by atoms with Gasteiger partial charge in [-0.15, -0.1) is 0 Å². The van der Waals surface area contributed by atoms with Crippen molar-refractivity contribution in [3.63, 3.8) is 0 Å². The summed E-state index contributed by atoms with van der Waals surface area (Å²) < 4.78 is 1.16. The van der Waals surface area contributed by atoms with Gasteiger partial charge < -0.3 is 0 Å². The Balaban J connectivity index is 2.17. The summed E-state index contributed by atoms with van der Waals surface area (Å²) in [5, 5.41) is 0. The lowest BCUT2D eigenvalue weighted by Gasteiger charge is -2.36. The van der Waals surface area contributed by atoms with Crippen LogP contribution in [0.3, 0.4) is 0 Å². The Morgan fingerprint density at radius 2 is 2.00 bits per heavy atom. The maximum atomic E-state index is 5.84. The fraction of sp³-hybridized carbons (Fsp3) is 0.625. The zero-order chi connectivity index (χ0) is 14.0. The van der Waals surface area contributed by atoms with E-state index in [1.165, 1.54) is 30.4 Å². The third kappa shape index (κ3) is 3.39. The largest absolute Gasteiger partial charge is 0.271 e. The topological polar surface area (TPSA) is 38.0 Å². The molecule has 0 saturated heterocycles. The van der Waals surface area contributed by atoms with Crippen LogP contribution in [0.2, 0.25) is 0 Å². The zero-order valence-corrected chi connectivity index (χ0v) is 13.7. The minimum atomic E-state index is 0.279. The molecule has 19 heavy (non-hydrogen) atoms. The minimum absolute atomic E-state index is 0.279. The van der Waals surface area contributed by atoms with E-state index in [2.05, 4.69) is 60.3 Å². The van der Waals surface area contributed by atoms with Crippen LogP contribution in [0.4, 0.5) is 0 Å². The van der Waals surface area contributed by atoms with Gasteiger partial charge in [0.05, 0.1) is 0 Å². The molecule has 4 atom stereocenters. The van der Waals surface area contributed by atoms with E-state index in [4.69, 9.17) is 5.84 Å². The van der Waals surface area contributed by atoms with Gasteiger partial charge in [0.15, 0.2) is 0 Å². The first-order valence-corrected chi connectivity index (χ1v) is 8.04. The molecule has 2 nitrogen and oxygen atoms in total. The van der Waals surface area contributed by atoms with E-state index < -0.39 is 0 Å². The number of nitrogens with one attached hydrogen (secondary N) is 1. The normalized spacial score (nSPS) is 29.2. The summed E-state index contributed by atoms with van der Waals surface area (Å²) in [5.74, 6) is 8.14. The maximum Gasteiger partial charge on any atom is 0.0488 e. The van der Waals surface area contributed by atoms with E-state index in [1.807, 2.05) is 0 Å². The number of halogens is 1. The highest BCUT2D eigenvalue weighted by molar-refractivity contribution is 9.10. The first kappa shape index (κ1) is 15.0.